The molecular weight excluding hydrogens is 417 g/mol. The number of aliphatic hydroxyl groups is 1. The molecule has 1 fully saturated rings. The second-order valence-electron chi connectivity index (χ2n) is 7.45. The van der Waals surface area contributed by atoms with Crippen molar-refractivity contribution in [2.75, 3.05) is 26.2 Å². The van der Waals surface area contributed by atoms with Gasteiger partial charge < -0.3 is 9.84 Å². The molecular formula is C23H24FN3O3S. The number of fused-ring (bicyclic) bond motifs is 1. The second-order valence-corrected chi connectivity index (χ2v) is 8.50. The number of aliphatic hydroxyl groups excluding tert-OH is 1. The van der Waals surface area contributed by atoms with Crippen LogP contribution in [-0.4, -0.2) is 51.9 Å². The molecule has 31 heavy (non-hydrogen) atoms. The summed E-state index contributed by atoms with van der Waals surface area (Å²) >= 11 is 1.21. The van der Waals surface area contributed by atoms with Crippen molar-refractivity contribution in [3.8, 4) is 23.3 Å². The predicted octanol–water partition coefficient (Wildman–Crippen LogP) is 3.18. The van der Waals surface area contributed by atoms with Crippen molar-refractivity contribution in [3.63, 3.8) is 0 Å². The minimum absolute atomic E-state index is 0.174. The van der Waals surface area contributed by atoms with Crippen LogP contribution in [0.5, 0.6) is 5.75 Å². The van der Waals surface area contributed by atoms with Gasteiger partial charge >= 0.3 is 0 Å². The average molecular weight is 442 g/mol. The highest BCUT2D eigenvalue weighted by atomic mass is 32.1. The van der Waals surface area contributed by atoms with Gasteiger partial charge in [-0.2, -0.15) is 0 Å². The zero-order valence-corrected chi connectivity index (χ0v) is 18.1. The van der Waals surface area contributed by atoms with E-state index in [1.54, 1.807) is 18.2 Å². The first kappa shape index (κ1) is 21.5. The van der Waals surface area contributed by atoms with Gasteiger partial charge in [0.15, 0.2) is 11.6 Å². The van der Waals surface area contributed by atoms with E-state index in [-0.39, 0.29) is 11.3 Å². The number of aromatic nitrogens is 2. The number of halogens is 1. The molecule has 0 bridgehead atoms. The van der Waals surface area contributed by atoms with E-state index < -0.39 is 11.9 Å². The Bertz CT molecular complexity index is 1190. The summed E-state index contributed by atoms with van der Waals surface area (Å²) in [6, 6.07) is 6.20. The monoisotopic (exact) mass is 441 g/mol. The van der Waals surface area contributed by atoms with E-state index in [1.165, 1.54) is 41.1 Å². The van der Waals surface area contributed by atoms with E-state index in [9.17, 15) is 14.3 Å². The topological polar surface area (TPSA) is 67.6 Å². The molecule has 2 aromatic heterocycles. The highest BCUT2D eigenvalue weighted by Crippen LogP contribution is 2.23. The Morgan fingerprint density at radius 1 is 1.32 bits per heavy atom. The molecule has 1 aliphatic heterocycles. The predicted molar refractivity (Wildman–Crippen MR) is 120 cm³/mol. The first-order chi connectivity index (χ1) is 15.0. The minimum Gasteiger partial charge on any atom is -0.489 e. The van der Waals surface area contributed by atoms with Gasteiger partial charge in [-0.15, -0.1) is 11.3 Å². The average Bonchev–Trinajstić information content (AvgIpc) is 3.43. The largest absolute Gasteiger partial charge is 0.489 e. The third-order valence-electron chi connectivity index (χ3n) is 5.24. The van der Waals surface area contributed by atoms with Crippen LogP contribution in [0.15, 0.2) is 35.4 Å². The SMILES string of the molecule is CCC(O)C#Cc1cc2ncn(-c3ccc(OCCN4CCCC4)c(F)c3)c(=O)c2s1. The van der Waals surface area contributed by atoms with E-state index in [0.717, 1.165) is 19.6 Å². The summed E-state index contributed by atoms with van der Waals surface area (Å²) in [5, 5.41) is 9.60. The van der Waals surface area contributed by atoms with E-state index in [1.807, 2.05) is 6.92 Å². The van der Waals surface area contributed by atoms with Crippen LogP contribution in [0.1, 0.15) is 31.1 Å². The third kappa shape index (κ3) is 4.96. The van der Waals surface area contributed by atoms with Crippen LogP contribution in [-0.2, 0) is 0 Å². The molecule has 162 valence electrons. The first-order valence-corrected chi connectivity index (χ1v) is 11.2. The molecule has 1 saturated heterocycles. The van der Waals surface area contributed by atoms with Crippen LogP contribution < -0.4 is 10.3 Å². The standard InChI is InChI=1S/C23H24FN3O3S/c1-2-17(28)6-7-18-14-20-22(31-18)23(29)27(15-25-20)16-5-8-21(19(24)13-16)30-12-11-26-9-3-4-10-26/h5,8,13-15,17,28H,2-4,9-12H2,1H3. The van der Waals surface area contributed by atoms with Gasteiger partial charge in [-0.25, -0.2) is 9.37 Å². The second kappa shape index (κ2) is 9.60. The van der Waals surface area contributed by atoms with E-state index >= 15 is 0 Å². The quantitative estimate of drug-likeness (QED) is 0.595. The normalized spacial score (nSPS) is 15.1. The van der Waals surface area contributed by atoms with E-state index in [4.69, 9.17) is 4.74 Å². The molecule has 3 aromatic rings. The lowest BCUT2D eigenvalue weighted by Crippen LogP contribution is -2.25. The van der Waals surface area contributed by atoms with Gasteiger partial charge in [0.05, 0.1) is 16.1 Å². The zero-order chi connectivity index (χ0) is 21.8. The molecule has 1 aliphatic rings. The maximum atomic E-state index is 14.6. The molecule has 6 nitrogen and oxygen atoms in total. The molecule has 0 spiro atoms. The number of rotatable bonds is 6. The summed E-state index contributed by atoms with van der Waals surface area (Å²) in [4.78, 5) is 20.2. The summed E-state index contributed by atoms with van der Waals surface area (Å²) in [6.07, 6.45) is 3.63. The molecule has 1 aromatic carbocycles. The van der Waals surface area contributed by atoms with Crippen LogP contribution in [0.3, 0.4) is 0 Å². The molecule has 3 heterocycles. The number of benzene rings is 1. The van der Waals surface area contributed by atoms with Gasteiger partial charge in [-0.05, 0) is 50.6 Å². The Kier molecular flexibility index (Phi) is 6.66. The number of nitrogens with zero attached hydrogens (tertiary/aromatic N) is 3. The van der Waals surface area contributed by atoms with Crippen molar-refractivity contribution in [3.05, 3.63) is 51.6 Å². The number of hydrogen-bond donors (Lipinski definition) is 1. The maximum absolute atomic E-state index is 14.6. The Hall–Kier alpha value is -2.73. The smallest absolute Gasteiger partial charge is 0.275 e. The van der Waals surface area contributed by atoms with Crippen molar-refractivity contribution in [1.82, 2.24) is 14.5 Å². The summed E-state index contributed by atoms with van der Waals surface area (Å²) in [7, 11) is 0. The van der Waals surface area contributed by atoms with Crippen molar-refractivity contribution >= 4 is 21.6 Å². The number of ether oxygens (including phenoxy) is 1. The van der Waals surface area contributed by atoms with Gasteiger partial charge in [-0.3, -0.25) is 14.3 Å². The van der Waals surface area contributed by atoms with E-state index in [2.05, 4.69) is 21.7 Å². The molecule has 4 rings (SSSR count). The summed E-state index contributed by atoms with van der Waals surface area (Å²) in [6.45, 7) is 5.18. The lowest BCUT2D eigenvalue weighted by molar-refractivity contribution is 0.228. The number of thiophene rings is 1. The van der Waals surface area contributed by atoms with Gasteiger partial charge in [0.1, 0.15) is 23.7 Å². The molecule has 1 atom stereocenters. The van der Waals surface area contributed by atoms with Crippen molar-refractivity contribution in [1.29, 1.82) is 0 Å². The summed E-state index contributed by atoms with van der Waals surface area (Å²) < 4.78 is 21.9. The lowest BCUT2D eigenvalue weighted by atomic mass is 10.2. The minimum atomic E-state index is -0.700. The van der Waals surface area contributed by atoms with Gasteiger partial charge in [0, 0.05) is 12.6 Å². The first-order valence-electron chi connectivity index (χ1n) is 10.4. The van der Waals surface area contributed by atoms with Crippen molar-refractivity contribution in [2.45, 2.75) is 32.3 Å². The summed E-state index contributed by atoms with van der Waals surface area (Å²) in [5.74, 6) is 5.27. The fraction of sp³-hybridized carbons (Fsp3) is 0.391. The highest BCUT2D eigenvalue weighted by Gasteiger charge is 2.14. The van der Waals surface area contributed by atoms with Gasteiger partial charge in [0.25, 0.3) is 5.56 Å². The zero-order valence-electron chi connectivity index (χ0n) is 17.3. The van der Waals surface area contributed by atoms with Crippen LogP contribution in [0, 0.1) is 17.7 Å². The highest BCUT2D eigenvalue weighted by molar-refractivity contribution is 7.19. The van der Waals surface area contributed by atoms with Crippen molar-refractivity contribution < 1.29 is 14.2 Å². The molecule has 0 aliphatic carbocycles. The Morgan fingerprint density at radius 3 is 2.87 bits per heavy atom. The molecule has 1 N–H and O–H groups in total. The molecule has 8 heteroatoms. The number of hydrogen-bond acceptors (Lipinski definition) is 6. The molecule has 0 amide bonds. The molecule has 0 radical (unpaired) electrons. The fourth-order valence-electron chi connectivity index (χ4n) is 3.46. The third-order valence-corrected chi connectivity index (χ3v) is 6.27. The van der Waals surface area contributed by atoms with Crippen LogP contribution in [0.2, 0.25) is 0 Å². The van der Waals surface area contributed by atoms with Crippen LogP contribution in [0.4, 0.5) is 4.39 Å². The molecule has 0 saturated carbocycles. The summed E-state index contributed by atoms with van der Waals surface area (Å²) in [5.41, 5.74) is 0.622. The van der Waals surface area contributed by atoms with Gasteiger partial charge in [0.2, 0.25) is 0 Å². The van der Waals surface area contributed by atoms with Crippen LogP contribution >= 0.6 is 11.3 Å². The van der Waals surface area contributed by atoms with Gasteiger partial charge in [-0.1, -0.05) is 18.8 Å². The Labute approximate surface area is 183 Å². The van der Waals surface area contributed by atoms with Crippen molar-refractivity contribution in [2.24, 2.45) is 0 Å². The Morgan fingerprint density at radius 2 is 2.13 bits per heavy atom. The maximum Gasteiger partial charge on any atom is 0.275 e. The number of likely N-dealkylation sites (tertiary alicyclic amines) is 1. The lowest BCUT2D eigenvalue weighted by Gasteiger charge is -2.15. The van der Waals surface area contributed by atoms with E-state index in [0.29, 0.717) is 33.8 Å². The Balaban J connectivity index is 1.53. The fourth-order valence-corrected chi connectivity index (χ4v) is 4.36. The molecule has 1 unspecified atom stereocenters. The van der Waals surface area contributed by atoms with Crippen LogP contribution in [0.25, 0.3) is 15.9 Å².